The van der Waals surface area contributed by atoms with Gasteiger partial charge in [0, 0.05) is 0 Å². The van der Waals surface area contributed by atoms with Crippen LogP contribution >= 0.6 is 34.2 Å². The van der Waals surface area contributed by atoms with Crippen LogP contribution in [0.2, 0.25) is 0 Å². The van der Waals surface area contributed by atoms with Crippen molar-refractivity contribution in [1.82, 2.24) is 0 Å². The van der Waals surface area contributed by atoms with E-state index in [-0.39, 0.29) is 17.8 Å². The smallest absolute Gasteiger partial charge is 0.242 e. The zero-order valence-corrected chi connectivity index (χ0v) is 15.1. The van der Waals surface area contributed by atoms with E-state index in [2.05, 4.69) is 35.6 Å². The summed E-state index contributed by atoms with van der Waals surface area (Å²) in [4.78, 5) is 14.1. The standard InChI is InChI=1S/C15H21ClINO2/c1-4-13-7-5-6-11(2)15(13)18(14(19)8-16)12(3)9-20-10-17/h5-7,12H,4,8-10H2,1-3H3. The number of anilines is 1. The summed E-state index contributed by atoms with van der Waals surface area (Å²) in [6, 6.07) is 6.06. The summed E-state index contributed by atoms with van der Waals surface area (Å²) in [5.41, 5.74) is 3.22. The summed E-state index contributed by atoms with van der Waals surface area (Å²) in [6.07, 6.45) is 0.878. The number of para-hydroxylation sites is 1. The molecule has 0 aromatic heterocycles. The van der Waals surface area contributed by atoms with Crippen LogP contribution in [-0.4, -0.2) is 29.0 Å². The van der Waals surface area contributed by atoms with E-state index in [0.717, 1.165) is 23.2 Å². The third-order valence-corrected chi connectivity index (χ3v) is 3.87. The number of ether oxygens (including phenoxy) is 1. The minimum atomic E-state index is -0.0831. The van der Waals surface area contributed by atoms with Gasteiger partial charge in [-0.25, -0.2) is 0 Å². The summed E-state index contributed by atoms with van der Waals surface area (Å²) in [7, 11) is 0. The fourth-order valence-electron chi connectivity index (χ4n) is 2.29. The third kappa shape index (κ3) is 4.33. The molecule has 0 aliphatic carbocycles. The minimum absolute atomic E-state index is 0.0218. The van der Waals surface area contributed by atoms with Gasteiger partial charge >= 0.3 is 0 Å². The van der Waals surface area contributed by atoms with E-state index in [1.807, 2.05) is 26.0 Å². The Balaban J connectivity index is 3.20. The Kier molecular flexibility index (Phi) is 7.84. The van der Waals surface area contributed by atoms with Gasteiger partial charge in [0.05, 0.1) is 22.9 Å². The van der Waals surface area contributed by atoms with Gasteiger partial charge in [0.2, 0.25) is 5.91 Å². The van der Waals surface area contributed by atoms with Crippen molar-refractivity contribution >= 4 is 45.8 Å². The molecule has 0 heterocycles. The maximum Gasteiger partial charge on any atom is 0.242 e. The Bertz CT molecular complexity index is 453. The van der Waals surface area contributed by atoms with E-state index in [9.17, 15) is 4.79 Å². The molecule has 0 radical (unpaired) electrons. The van der Waals surface area contributed by atoms with Crippen molar-refractivity contribution in [3.8, 4) is 0 Å². The Morgan fingerprint density at radius 1 is 1.50 bits per heavy atom. The number of hydrogen-bond acceptors (Lipinski definition) is 2. The van der Waals surface area contributed by atoms with Gasteiger partial charge in [-0.2, -0.15) is 0 Å². The van der Waals surface area contributed by atoms with Crippen molar-refractivity contribution < 1.29 is 9.53 Å². The van der Waals surface area contributed by atoms with Crippen molar-refractivity contribution in [2.24, 2.45) is 0 Å². The van der Waals surface area contributed by atoms with Crippen LogP contribution in [0.1, 0.15) is 25.0 Å². The molecule has 1 amide bonds. The fourth-order valence-corrected chi connectivity index (χ4v) is 2.68. The molecule has 0 bridgehead atoms. The number of amides is 1. The van der Waals surface area contributed by atoms with Gasteiger partial charge < -0.3 is 9.64 Å². The highest BCUT2D eigenvalue weighted by atomic mass is 127. The summed E-state index contributed by atoms with van der Waals surface area (Å²) in [5, 5.41) is 0. The number of nitrogens with zero attached hydrogens (tertiary/aromatic N) is 1. The Morgan fingerprint density at radius 2 is 2.20 bits per heavy atom. The van der Waals surface area contributed by atoms with Gasteiger partial charge in [-0.1, -0.05) is 47.7 Å². The van der Waals surface area contributed by atoms with Crippen LogP contribution < -0.4 is 4.90 Å². The second-order valence-electron chi connectivity index (χ2n) is 4.66. The zero-order valence-electron chi connectivity index (χ0n) is 12.2. The molecule has 1 unspecified atom stereocenters. The van der Waals surface area contributed by atoms with Gasteiger partial charge in [0.1, 0.15) is 5.88 Å². The normalized spacial score (nSPS) is 12.2. The molecular formula is C15H21ClINO2. The molecule has 1 rings (SSSR count). The monoisotopic (exact) mass is 409 g/mol. The van der Waals surface area contributed by atoms with Crippen molar-refractivity contribution in [1.29, 1.82) is 0 Å². The fraction of sp³-hybridized carbons (Fsp3) is 0.533. The molecule has 0 aliphatic heterocycles. The average molecular weight is 410 g/mol. The summed E-state index contributed by atoms with van der Waals surface area (Å²) >= 11 is 7.94. The first-order valence-corrected chi connectivity index (χ1v) is 8.73. The van der Waals surface area contributed by atoms with Crippen molar-refractivity contribution in [3.63, 3.8) is 0 Å². The van der Waals surface area contributed by atoms with Gasteiger partial charge in [0.15, 0.2) is 0 Å². The van der Waals surface area contributed by atoms with E-state index in [4.69, 9.17) is 16.3 Å². The maximum atomic E-state index is 12.3. The second-order valence-corrected chi connectivity index (χ2v) is 5.55. The molecule has 0 saturated heterocycles. The zero-order chi connectivity index (χ0) is 15.1. The van der Waals surface area contributed by atoms with Gasteiger partial charge in [0.25, 0.3) is 0 Å². The molecule has 1 aromatic carbocycles. The van der Waals surface area contributed by atoms with E-state index in [1.165, 1.54) is 0 Å². The topological polar surface area (TPSA) is 29.5 Å². The number of halogens is 2. The van der Waals surface area contributed by atoms with Crippen LogP contribution in [0.3, 0.4) is 0 Å². The molecule has 0 saturated carbocycles. The molecule has 1 atom stereocenters. The molecule has 1 aromatic rings. The average Bonchev–Trinajstić information content (AvgIpc) is 2.46. The van der Waals surface area contributed by atoms with E-state index >= 15 is 0 Å². The summed E-state index contributed by atoms with van der Waals surface area (Å²) in [6.45, 7) is 6.61. The first kappa shape index (κ1) is 17.7. The van der Waals surface area contributed by atoms with Crippen LogP contribution in [0, 0.1) is 6.92 Å². The number of carbonyl (C=O) groups excluding carboxylic acids is 1. The van der Waals surface area contributed by atoms with Crippen LogP contribution in [0.4, 0.5) is 5.69 Å². The Labute approximate surface area is 139 Å². The van der Waals surface area contributed by atoms with Crippen molar-refractivity contribution in [2.45, 2.75) is 33.2 Å². The number of alkyl halides is 2. The second kappa shape index (κ2) is 8.85. The number of carbonyl (C=O) groups is 1. The predicted molar refractivity (Wildman–Crippen MR) is 93.1 cm³/mol. The number of rotatable bonds is 7. The summed E-state index contributed by atoms with van der Waals surface area (Å²) < 4.78 is 6.07. The van der Waals surface area contributed by atoms with Crippen molar-refractivity contribution in [2.75, 3.05) is 22.0 Å². The molecule has 112 valence electrons. The summed E-state index contributed by atoms with van der Waals surface area (Å²) in [5.74, 6) is -0.105. The molecule has 0 N–H and O–H groups in total. The van der Waals surface area contributed by atoms with Crippen LogP contribution in [0.25, 0.3) is 0 Å². The highest BCUT2D eigenvalue weighted by Gasteiger charge is 2.24. The van der Waals surface area contributed by atoms with Crippen LogP contribution in [0.15, 0.2) is 18.2 Å². The van der Waals surface area contributed by atoms with Crippen LogP contribution in [0.5, 0.6) is 0 Å². The lowest BCUT2D eigenvalue weighted by molar-refractivity contribution is -0.116. The molecule has 0 fully saturated rings. The molecule has 3 nitrogen and oxygen atoms in total. The quantitative estimate of drug-likeness (QED) is 0.504. The Hall–Kier alpha value is -0.330. The van der Waals surface area contributed by atoms with Gasteiger partial charge in [-0.3, -0.25) is 4.79 Å². The minimum Gasteiger partial charge on any atom is -0.369 e. The molecule has 5 heteroatoms. The third-order valence-electron chi connectivity index (χ3n) is 3.20. The van der Waals surface area contributed by atoms with E-state index < -0.39 is 0 Å². The molecule has 0 spiro atoms. The molecule has 0 aliphatic rings. The predicted octanol–water partition coefficient (Wildman–Crippen LogP) is 3.93. The first-order chi connectivity index (χ1) is 9.56. The van der Waals surface area contributed by atoms with Gasteiger partial charge in [-0.15, -0.1) is 11.6 Å². The van der Waals surface area contributed by atoms with Crippen LogP contribution in [-0.2, 0) is 16.0 Å². The highest BCUT2D eigenvalue weighted by molar-refractivity contribution is 14.1. The van der Waals surface area contributed by atoms with Gasteiger partial charge in [-0.05, 0) is 31.4 Å². The lowest BCUT2D eigenvalue weighted by atomic mass is 10.0. The molecule has 20 heavy (non-hydrogen) atoms. The first-order valence-electron chi connectivity index (χ1n) is 6.67. The number of hydrogen-bond donors (Lipinski definition) is 0. The number of aryl methyl sites for hydroxylation is 2. The lowest BCUT2D eigenvalue weighted by Gasteiger charge is -2.31. The maximum absolute atomic E-state index is 12.3. The van der Waals surface area contributed by atoms with E-state index in [0.29, 0.717) is 11.2 Å². The highest BCUT2D eigenvalue weighted by Crippen LogP contribution is 2.28. The molecular weight excluding hydrogens is 389 g/mol. The van der Waals surface area contributed by atoms with E-state index in [1.54, 1.807) is 4.90 Å². The largest absolute Gasteiger partial charge is 0.369 e. The Morgan fingerprint density at radius 3 is 2.75 bits per heavy atom. The number of benzene rings is 1. The SMILES string of the molecule is CCc1cccc(C)c1N(C(=O)CCl)C(C)COCI. The van der Waals surface area contributed by atoms with Crippen molar-refractivity contribution in [3.05, 3.63) is 29.3 Å². The lowest BCUT2D eigenvalue weighted by Crippen LogP contribution is -2.43.